The van der Waals surface area contributed by atoms with E-state index >= 15 is 0 Å². The van der Waals surface area contributed by atoms with Gasteiger partial charge in [-0.1, -0.05) is 48.6 Å². The van der Waals surface area contributed by atoms with Crippen LogP contribution in [0, 0.1) is 0 Å². The Morgan fingerprint density at radius 2 is 1.37 bits per heavy atom. The quantitative estimate of drug-likeness (QED) is 0.256. The summed E-state index contributed by atoms with van der Waals surface area (Å²) in [6.07, 6.45) is 10.0. The Bertz CT molecular complexity index is 947. The second-order valence-corrected chi connectivity index (χ2v) is 6.53. The van der Waals surface area contributed by atoms with Gasteiger partial charge in [0.25, 0.3) is 0 Å². The minimum atomic E-state index is -0.00600. The van der Waals surface area contributed by atoms with E-state index in [2.05, 4.69) is 26.3 Å². The lowest BCUT2D eigenvalue weighted by Gasteiger charge is -2.14. The van der Waals surface area contributed by atoms with Crippen LogP contribution in [0.15, 0.2) is 74.9 Å². The van der Waals surface area contributed by atoms with Crippen LogP contribution in [0.1, 0.15) is 38.2 Å². The van der Waals surface area contributed by atoms with Crippen molar-refractivity contribution in [2.75, 3.05) is 0 Å². The van der Waals surface area contributed by atoms with Gasteiger partial charge in [-0.05, 0) is 42.4 Å². The molecule has 0 aliphatic carbocycles. The zero-order valence-corrected chi connectivity index (χ0v) is 15.6. The van der Waals surface area contributed by atoms with Gasteiger partial charge in [-0.25, -0.2) is 0 Å². The summed E-state index contributed by atoms with van der Waals surface area (Å²) in [5.74, 6) is 1.52. The highest BCUT2D eigenvalue weighted by Crippen LogP contribution is 2.55. The van der Waals surface area contributed by atoms with Crippen molar-refractivity contribution < 1.29 is 9.53 Å². The highest BCUT2D eigenvalue weighted by atomic mass is 16.6. The molecule has 2 heteroatoms. The molecule has 0 spiro atoms. The van der Waals surface area contributed by atoms with Crippen molar-refractivity contribution in [2.24, 2.45) is 0 Å². The van der Waals surface area contributed by atoms with Crippen LogP contribution in [-0.2, 0) is 25.7 Å². The zero-order valence-electron chi connectivity index (χ0n) is 15.6. The lowest BCUT2D eigenvalue weighted by atomic mass is 9.86. The lowest BCUT2D eigenvalue weighted by Crippen LogP contribution is -2.10. The molecule has 2 aromatic rings. The number of carbonyl (C=O) groups is 1. The van der Waals surface area contributed by atoms with Gasteiger partial charge < -0.3 is 4.74 Å². The van der Waals surface area contributed by atoms with Gasteiger partial charge in [0.2, 0.25) is 0 Å². The smallest absolute Gasteiger partial charge is 0.197 e. The standard InChI is InChI=1S/C25H24O2/c1-5-11-17-15-9-10-16-18(17)23(26)22-20(13-7-3)19(12-6-2)21(14-8-4)24-25(22)27-24/h5-10,15-16H,1-4,11-14H2. The van der Waals surface area contributed by atoms with Gasteiger partial charge in [0, 0.05) is 11.1 Å². The van der Waals surface area contributed by atoms with Crippen LogP contribution in [0.25, 0.3) is 0 Å². The van der Waals surface area contributed by atoms with Crippen molar-refractivity contribution >= 4 is 5.78 Å². The topological polar surface area (TPSA) is 29.6 Å². The molecule has 136 valence electrons. The van der Waals surface area contributed by atoms with Crippen LogP contribution >= 0.6 is 0 Å². The summed E-state index contributed by atoms with van der Waals surface area (Å²) < 4.78 is 5.81. The molecule has 0 saturated carbocycles. The van der Waals surface area contributed by atoms with Gasteiger partial charge in [0.05, 0.1) is 5.56 Å². The van der Waals surface area contributed by atoms with Crippen molar-refractivity contribution in [1.82, 2.24) is 0 Å². The highest BCUT2D eigenvalue weighted by molar-refractivity contribution is 6.14. The van der Waals surface area contributed by atoms with Crippen LogP contribution in [0.5, 0.6) is 11.5 Å². The SMILES string of the molecule is C=CCc1ccccc1C(=O)c1c(CC=C)c(CC=C)c(CC=C)c2c1O2. The fraction of sp³-hybridized carbons (Fsp3) is 0.160. The molecular weight excluding hydrogens is 332 g/mol. The van der Waals surface area contributed by atoms with E-state index in [4.69, 9.17) is 4.74 Å². The third-order valence-electron chi connectivity index (χ3n) is 4.80. The van der Waals surface area contributed by atoms with Crippen LogP contribution in [0.4, 0.5) is 0 Å². The summed E-state index contributed by atoms with van der Waals surface area (Å²) in [4.78, 5) is 13.5. The average molecular weight is 356 g/mol. The van der Waals surface area contributed by atoms with Crippen LogP contribution in [0.2, 0.25) is 0 Å². The molecule has 0 unspecified atom stereocenters. The van der Waals surface area contributed by atoms with Gasteiger partial charge in [0.15, 0.2) is 17.3 Å². The maximum atomic E-state index is 13.5. The zero-order chi connectivity index (χ0) is 19.4. The fourth-order valence-corrected chi connectivity index (χ4v) is 3.62. The normalized spacial score (nSPS) is 11.1. The minimum absolute atomic E-state index is 0.00600. The van der Waals surface area contributed by atoms with E-state index in [-0.39, 0.29) is 5.78 Å². The first-order valence-electron chi connectivity index (χ1n) is 9.12. The molecule has 2 aromatic carbocycles. The van der Waals surface area contributed by atoms with Gasteiger partial charge >= 0.3 is 0 Å². The predicted octanol–water partition coefficient (Wildman–Crippen LogP) is 5.94. The Morgan fingerprint density at radius 1 is 0.778 bits per heavy atom. The molecule has 1 aliphatic rings. The molecule has 3 rings (SSSR count). The second-order valence-electron chi connectivity index (χ2n) is 6.53. The van der Waals surface area contributed by atoms with Gasteiger partial charge in [-0.3, -0.25) is 4.79 Å². The Labute approximate surface area is 161 Å². The first kappa shape index (κ1) is 18.7. The molecule has 0 fully saturated rings. The number of carbonyl (C=O) groups excluding carboxylic acids is 1. The minimum Gasteiger partial charge on any atom is -0.448 e. The molecule has 0 amide bonds. The molecule has 27 heavy (non-hydrogen) atoms. The molecule has 0 N–H and O–H groups in total. The first-order valence-corrected chi connectivity index (χ1v) is 9.12. The van der Waals surface area contributed by atoms with Crippen molar-refractivity contribution in [3.8, 4) is 11.5 Å². The van der Waals surface area contributed by atoms with Crippen molar-refractivity contribution in [3.05, 3.63) is 108 Å². The van der Waals surface area contributed by atoms with E-state index in [1.165, 1.54) is 0 Å². The number of ketones is 1. The van der Waals surface area contributed by atoms with E-state index in [1.54, 1.807) is 0 Å². The number of fused-ring (bicyclic) bond motifs is 1. The maximum Gasteiger partial charge on any atom is 0.197 e. The number of benzene rings is 2. The second kappa shape index (κ2) is 8.05. The van der Waals surface area contributed by atoms with Gasteiger partial charge in [-0.2, -0.15) is 0 Å². The molecule has 0 saturated heterocycles. The van der Waals surface area contributed by atoms with Crippen molar-refractivity contribution in [1.29, 1.82) is 0 Å². The van der Waals surface area contributed by atoms with E-state index in [1.807, 2.05) is 48.6 Å². The summed E-state index contributed by atoms with van der Waals surface area (Å²) in [5.41, 5.74) is 5.51. The van der Waals surface area contributed by atoms with Crippen LogP contribution in [-0.4, -0.2) is 5.78 Å². The molecule has 0 atom stereocenters. The summed E-state index contributed by atoms with van der Waals surface area (Å²) in [6.45, 7) is 15.4. The first-order chi connectivity index (χ1) is 13.2. The highest BCUT2D eigenvalue weighted by Gasteiger charge is 2.37. The Balaban J connectivity index is 2.22. The summed E-state index contributed by atoms with van der Waals surface area (Å²) in [7, 11) is 0. The summed E-state index contributed by atoms with van der Waals surface area (Å²) in [6, 6.07) is 7.68. The summed E-state index contributed by atoms with van der Waals surface area (Å²) >= 11 is 0. The third kappa shape index (κ3) is 3.43. The average Bonchev–Trinajstić information content (AvgIpc) is 3.45. The van der Waals surface area contributed by atoms with E-state index < -0.39 is 0 Å². The van der Waals surface area contributed by atoms with E-state index in [0.29, 0.717) is 42.6 Å². The molecule has 0 bridgehead atoms. The van der Waals surface area contributed by atoms with Gasteiger partial charge in [0.1, 0.15) is 0 Å². The lowest BCUT2D eigenvalue weighted by molar-refractivity contribution is 0.103. The number of ether oxygens (including phenoxy) is 1. The summed E-state index contributed by atoms with van der Waals surface area (Å²) in [5, 5.41) is 0. The Hall–Kier alpha value is -3.13. The molecular formula is C25H24O2. The maximum absolute atomic E-state index is 13.5. The molecule has 1 heterocycles. The van der Waals surface area contributed by atoms with Gasteiger partial charge in [-0.15, -0.1) is 26.3 Å². The molecule has 2 nitrogen and oxygen atoms in total. The van der Waals surface area contributed by atoms with E-state index in [0.717, 1.165) is 28.0 Å². The monoisotopic (exact) mass is 356 g/mol. The van der Waals surface area contributed by atoms with Crippen LogP contribution < -0.4 is 4.74 Å². The van der Waals surface area contributed by atoms with Crippen molar-refractivity contribution in [3.63, 3.8) is 0 Å². The predicted molar refractivity (Wildman–Crippen MR) is 112 cm³/mol. The Kier molecular flexibility index (Phi) is 5.56. The Morgan fingerprint density at radius 3 is 2.04 bits per heavy atom. The molecule has 1 aliphatic heterocycles. The fourth-order valence-electron chi connectivity index (χ4n) is 3.62. The number of rotatable bonds is 10. The van der Waals surface area contributed by atoms with Crippen molar-refractivity contribution in [2.45, 2.75) is 25.7 Å². The van der Waals surface area contributed by atoms with Crippen LogP contribution in [0.3, 0.4) is 0 Å². The number of hydrogen-bond acceptors (Lipinski definition) is 2. The van der Waals surface area contributed by atoms with E-state index in [9.17, 15) is 4.79 Å². The molecule has 0 aromatic heterocycles. The largest absolute Gasteiger partial charge is 0.448 e. The third-order valence-corrected chi connectivity index (χ3v) is 4.80. The number of allylic oxidation sites excluding steroid dienone is 4. The molecule has 0 radical (unpaired) electrons. The number of hydrogen-bond donors (Lipinski definition) is 0.